The SMILES string of the molecule is COc1ccc(C(=O)NCCCCCc2nc3ccccc3n2Cc2ccc(Cl)cc2Cl)cc1OC. The maximum absolute atomic E-state index is 12.5. The zero-order chi connectivity index (χ0) is 25.5. The molecule has 0 unspecified atom stereocenters. The number of unbranched alkanes of at least 4 members (excludes halogenated alkanes) is 2. The Labute approximate surface area is 221 Å². The van der Waals surface area contributed by atoms with Crippen LogP contribution in [0, 0.1) is 0 Å². The largest absolute Gasteiger partial charge is 0.493 e. The number of nitrogens with one attached hydrogen (secondary N) is 1. The van der Waals surface area contributed by atoms with Gasteiger partial charge in [0, 0.05) is 28.6 Å². The fourth-order valence-corrected chi connectivity index (χ4v) is 4.65. The van der Waals surface area contributed by atoms with Crippen molar-refractivity contribution >= 4 is 40.1 Å². The molecule has 4 rings (SSSR count). The Hall–Kier alpha value is -3.22. The number of fused-ring (bicyclic) bond motifs is 1. The maximum Gasteiger partial charge on any atom is 0.251 e. The summed E-state index contributed by atoms with van der Waals surface area (Å²) in [7, 11) is 3.12. The summed E-state index contributed by atoms with van der Waals surface area (Å²) >= 11 is 12.5. The van der Waals surface area contributed by atoms with Crippen molar-refractivity contribution in [1.29, 1.82) is 0 Å². The van der Waals surface area contributed by atoms with Gasteiger partial charge in [-0.25, -0.2) is 4.98 Å². The van der Waals surface area contributed by atoms with E-state index >= 15 is 0 Å². The molecule has 6 nitrogen and oxygen atoms in total. The van der Waals surface area contributed by atoms with E-state index in [0.29, 0.717) is 40.2 Å². The Morgan fingerprint density at radius 2 is 1.75 bits per heavy atom. The molecule has 8 heteroatoms. The van der Waals surface area contributed by atoms with Crippen LogP contribution in [0.2, 0.25) is 10.0 Å². The molecule has 1 aromatic heterocycles. The van der Waals surface area contributed by atoms with Gasteiger partial charge in [0.05, 0.1) is 31.8 Å². The minimum Gasteiger partial charge on any atom is -0.493 e. The molecule has 0 spiro atoms. The quantitative estimate of drug-likeness (QED) is 0.225. The third-order valence-corrected chi connectivity index (χ3v) is 6.67. The zero-order valence-corrected chi connectivity index (χ0v) is 21.9. The lowest BCUT2D eigenvalue weighted by Gasteiger charge is -2.12. The van der Waals surface area contributed by atoms with Crippen LogP contribution in [0.4, 0.5) is 0 Å². The normalized spacial score (nSPS) is 11.0. The number of hydrogen-bond donors (Lipinski definition) is 1. The second-order valence-electron chi connectivity index (χ2n) is 8.47. The lowest BCUT2D eigenvalue weighted by molar-refractivity contribution is 0.0952. The molecule has 0 aliphatic carbocycles. The molecule has 36 heavy (non-hydrogen) atoms. The Bertz CT molecular complexity index is 1350. The van der Waals surface area contributed by atoms with E-state index in [9.17, 15) is 4.79 Å². The number of aromatic nitrogens is 2. The number of rotatable bonds is 11. The number of imidazole rings is 1. The average molecular weight is 526 g/mol. The van der Waals surface area contributed by atoms with Gasteiger partial charge >= 0.3 is 0 Å². The summed E-state index contributed by atoms with van der Waals surface area (Å²) in [5.74, 6) is 2.03. The number of benzene rings is 3. The van der Waals surface area contributed by atoms with Gasteiger partial charge < -0.3 is 19.4 Å². The summed E-state index contributed by atoms with van der Waals surface area (Å²) in [6.45, 7) is 1.23. The molecule has 0 fully saturated rings. The summed E-state index contributed by atoms with van der Waals surface area (Å²) in [6.07, 6.45) is 3.65. The van der Waals surface area contributed by atoms with Gasteiger partial charge in [0.1, 0.15) is 5.82 Å². The van der Waals surface area contributed by atoms with Crippen LogP contribution >= 0.6 is 23.2 Å². The average Bonchev–Trinajstić information content (AvgIpc) is 3.24. The Morgan fingerprint density at radius 3 is 2.53 bits per heavy atom. The predicted octanol–water partition coefficient (Wildman–Crippen LogP) is 6.55. The van der Waals surface area contributed by atoms with Gasteiger partial charge in [-0.3, -0.25) is 4.79 Å². The number of aryl methyl sites for hydroxylation is 1. The standard InChI is InChI=1S/C28H29Cl2N3O3/c1-35-25-14-12-19(16-26(25)36-2)28(34)31-15-7-3-4-10-27-32-23-8-5-6-9-24(23)33(27)18-20-11-13-21(29)17-22(20)30/h5-6,8-9,11-14,16-17H,3-4,7,10,15,18H2,1-2H3,(H,31,34). The number of ether oxygens (including phenoxy) is 2. The number of methoxy groups -OCH3 is 2. The molecule has 0 saturated heterocycles. The van der Waals surface area contributed by atoms with Crippen LogP contribution in [0.25, 0.3) is 11.0 Å². The third-order valence-electron chi connectivity index (χ3n) is 6.09. The molecule has 1 N–H and O–H groups in total. The maximum atomic E-state index is 12.5. The molecule has 0 aliphatic heterocycles. The van der Waals surface area contributed by atoms with Crippen molar-refractivity contribution in [1.82, 2.24) is 14.9 Å². The first-order valence-corrected chi connectivity index (χ1v) is 12.6. The van der Waals surface area contributed by atoms with Gasteiger partial charge in [-0.15, -0.1) is 0 Å². The van der Waals surface area contributed by atoms with Crippen LogP contribution in [0.3, 0.4) is 0 Å². The first-order chi connectivity index (χ1) is 17.5. The van der Waals surface area contributed by atoms with Gasteiger partial charge in [0.25, 0.3) is 5.91 Å². The molecular formula is C28H29Cl2N3O3. The number of amides is 1. The smallest absolute Gasteiger partial charge is 0.251 e. The number of hydrogen-bond acceptors (Lipinski definition) is 4. The first-order valence-electron chi connectivity index (χ1n) is 11.9. The number of carbonyl (C=O) groups is 1. The third kappa shape index (κ3) is 6.12. The Kier molecular flexibility index (Phi) is 8.73. The molecule has 0 aliphatic rings. The topological polar surface area (TPSA) is 65.4 Å². The summed E-state index contributed by atoms with van der Waals surface area (Å²) < 4.78 is 12.7. The molecule has 188 valence electrons. The van der Waals surface area contributed by atoms with E-state index in [2.05, 4.69) is 16.0 Å². The van der Waals surface area contributed by atoms with Crippen molar-refractivity contribution in [2.75, 3.05) is 20.8 Å². The lowest BCUT2D eigenvalue weighted by atomic mass is 10.1. The summed E-state index contributed by atoms with van der Waals surface area (Å²) in [5, 5.41) is 4.25. The Balaban J connectivity index is 1.32. The molecule has 1 heterocycles. The highest BCUT2D eigenvalue weighted by Gasteiger charge is 2.13. The minimum atomic E-state index is -0.127. The Morgan fingerprint density at radius 1 is 0.944 bits per heavy atom. The van der Waals surface area contributed by atoms with Crippen LogP contribution in [0.1, 0.15) is 41.0 Å². The van der Waals surface area contributed by atoms with Crippen LogP contribution in [0.15, 0.2) is 60.7 Å². The molecule has 0 radical (unpaired) electrons. The van der Waals surface area contributed by atoms with Crippen molar-refractivity contribution < 1.29 is 14.3 Å². The van der Waals surface area contributed by atoms with E-state index in [1.807, 2.05) is 30.3 Å². The molecular weight excluding hydrogens is 497 g/mol. The second kappa shape index (κ2) is 12.2. The molecule has 3 aromatic carbocycles. The van der Waals surface area contributed by atoms with Crippen molar-refractivity contribution in [3.05, 3.63) is 87.7 Å². The molecule has 0 atom stereocenters. The minimum absolute atomic E-state index is 0.127. The van der Waals surface area contributed by atoms with Crippen LogP contribution in [-0.4, -0.2) is 36.2 Å². The number of halogens is 2. The fraction of sp³-hybridized carbons (Fsp3) is 0.286. The van der Waals surface area contributed by atoms with Crippen LogP contribution in [-0.2, 0) is 13.0 Å². The molecule has 0 saturated carbocycles. The van der Waals surface area contributed by atoms with Crippen molar-refractivity contribution in [2.24, 2.45) is 0 Å². The van der Waals surface area contributed by atoms with Crippen molar-refractivity contribution in [3.63, 3.8) is 0 Å². The summed E-state index contributed by atoms with van der Waals surface area (Å²) in [5.41, 5.74) is 3.60. The van der Waals surface area contributed by atoms with E-state index in [1.165, 1.54) is 0 Å². The highest BCUT2D eigenvalue weighted by atomic mass is 35.5. The van der Waals surface area contributed by atoms with Gasteiger partial charge in [-0.1, -0.05) is 47.8 Å². The zero-order valence-electron chi connectivity index (χ0n) is 20.4. The summed E-state index contributed by atoms with van der Waals surface area (Å²) in [4.78, 5) is 17.4. The number of carbonyl (C=O) groups excluding carboxylic acids is 1. The monoisotopic (exact) mass is 525 g/mol. The highest BCUT2D eigenvalue weighted by Crippen LogP contribution is 2.28. The van der Waals surface area contributed by atoms with E-state index in [-0.39, 0.29) is 5.91 Å². The van der Waals surface area contributed by atoms with Gasteiger partial charge in [-0.2, -0.15) is 0 Å². The lowest BCUT2D eigenvalue weighted by Crippen LogP contribution is -2.24. The van der Waals surface area contributed by atoms with Gasteiger partial charge in [0.2, 0.25) is 0 Å². The van der Waals surface area contributed by atoms with Crippen LogP contribution in [0.5, 0.6) is 11.5 Å². The molecule has 4 aromatic rings. The first kappa shape index (κ1) is 25.9. The fourth-order valence-electron chi connectivity index (χ4n) is 4.18. The van der Waals surface area contributed by atoms with E-state index in [0.717, 1.165) is 48.1 Å². The number of para-hydroxylation sites is 2. The second-order valence-corrected chi connectivity index (χ2v) is 9.32. The van der Waals surface area contributed by atoms with Gasteiger partial charge in [-0.05, 0) is 60.9 Å². The highest BCUT2D eigenvalue weighted by molar-refractivity contribution is 6.35. The van der Waals surface area contributed by atoms with Crippen molar-refractivity contribution in [2.45, 2.75) is 32.2 Å². The number of nitrogens with zero attached hydrogens (tertiary/aromatic N) is 2. The predicted molar refractivity (Wildman–Crippen MR) is 145 cm³/mol. The molecule has 0 bridgehead atoms. The van der Waals surface area contributed by atoms with E-state index in [4.69, 9.17) is 37.7 Å². The van der Waals surface area contributed by atoms with E-state index < -0.39 is 0 Å². The summed E-state index contributed by atoms with van der Waals surface area (Å²) in [6, 6.07) is 18.9. The van der Waals surface area contributed by atoms with Crippen LogP contribution < -0.4 is 14.8 Å². The van der Waals surface area contributed by atoms with E-state index in [1.54, 1.807) is 38.5 Å². The molecule has 1 amide bonds. The van der Waals surface area contributed by atoms with Crippen molar-refractivity contribution in [3.8, 4) is 11.5 Å². The van der Waals surface area contributed by atoms with Gasteiger partial charge in [0.15, 0.2) is 11.5 Å².